The zero-order chi connectivity index (χ0) is 18.2. The topological polar surface area (TPSA) is 40.5 Å². The minimum absolute atomic E-state index is 0.121. The molecule has 0 saturated heterocycles. The minimum Gasteiger partial charge on any atom is -0.508 e. The van der Waals surface area contributed by atoms with Gasteiger partial charge in [-0.3, -0.25) is 0 Å². The Morgan fingerprint density at radius 1 is 1.04 bits per heavy atom. The van der Waals surface area contributed by atoms with E-state index in [0.717, 1.165) is 25.7 Å². The summed E-state index contributed by atoms with van der Waals surface area (Å²) in [7, 11) is 0. The summed E-state index contributed by atoms with van der Waals surface area (Å²) in [5.41, 5.74) is 3.97. The second kappa shape index (κ2) is 6.34. The smallest absolute Gasteiger partial charge is 0.144 e. The van der Waals surface area contributed by atoms with Gasteiger partial charge in [0.25, 0.3) is 0 Å². The molecule has 132 valence electrons. The van der Waals surface area contributed by atoms with Gasteiger partial charge in [0.15, 0.2) is 0 Å². The Morgan fingerprint density at radius 2 is 1.85 bits per heavy atom. The van der Waals surface area contributed by atoms with Gasteiger partial charge in [-0.1, -0.05) is 47.9 Å². The first kappa shape index (κ1) is 16.9. The van der Waals surface area contributed by atoms with Crippen LogP contribution in [0.3, 0.4) is 0 Å². The molecule has 0 fully saturated rings. The van der Waals surface area contributed by atoms with Gasteiger partial charge in [-0.2, -0.15) is 0 Å². The van der Waals surface area contributed by atoms with Crippen LogP contribution in [0.2, 0.25) is 0 Å². The van der Waals surface area contributed by atoms with E-state index in [1.54, 1.807) is 13.0 Å². The number of fused-ring (bicyclic) bond motifs is 3. The van der Waals surface area contributed by atoms with Crippen LogP contribution in [0.5, 0.6) is 5.75 Å². The molecule has 2 atom stereocenters. The number of aromatic hydroxyl groups is 1. The lowest BCUT2D eigenvalue weighted by atomic mass is 9.57. The second-order valence-electron chi connectivity index (χ2n) is 7.55. The third kappa shape index (κ3) is 2.83. The van der Waals surface area contributed by atoms with Crippen molar-refractivity contribution in [1.82, 2.24) is 0 Å². The fraction of sp³-hybridized carbons (Fsp3) is 0.333. The van der Waals surface area contributed by atoms with E-state index in [0.29, 0.717) is 12.2 Å². The molecule has 4 rings (SSSR count). The van der Waals surface area contributed by atoms with Crippen molar-refractivity contribution in [2.24, 2.45) is 0 Å². The van der Waals surface area contributed by atoms with Gasteiger partial charge in [-0.25, -0.2) is 0 Å². The van der Waals surface area contributed by atoms with E-state index in [-0.39, 0.29) is 5.41 Å². The maximum absolute atomic E-state index is 10.9. The van der Waals surface area contributed by atoms with Crippen LogP contribution in [-0.4, -0.2) is 15.8 Å². The van der Waals surface area contributed by atoms with Crippen molar-refractivity contribution in [1.29, 1.82) is 0 Å². The van der Waals surface area contributed by atoms with Gasteiger partial charge in [0.1, 0.15) is 11.4 Å². The zero-order valence-corrected chi connectivity index (χ0v) is 15.1. The van der Waals surface area contributed by atoms with Crippen molar-refractivity contribution in [3.63, 3.8) is 0 Å². The van der Waals surface area contributed by atoms with Gasteiger partial charge in [-0.15, -0.1) is 5.92 Å². The molecule has 0 aliphatic heterocycles. The van der Waals surface area contributed by atoms with Crippen molar-refractivity contribution in [2.75, 3.05) is 0 Å². The predicted molar refractivity (Wildman–Crippen MR) is 104 cm³/mol. The molecule has 2 aliphatic rings. The highest BCUT2D eigenvalue weighted by atomic mass is 16.3. The van der Waals surface area contributed by atoms with E-state index in [2.05, 4.69) is 42.2 Å². The molecule has 2 N–H and O–H groups in total. The summed E-state index contributed by atoms with van der Waals surface area (Å²) in [5.74, 6) is 6.21. The highest BCUT2D eigenvalue weighted by Crippen LogP contribution is 2.51. The monoisotopic (exact) mass is 344 g/mol. The number of hydrogen-bond donors (Lipinski definition) is 2. The van der Waals surface area contributed by atoms with E-state index in [4.69, 9.17) is 0 Å². The molecule has 0 saturated carbocycles. The van der Waals surface area contributed by atoms with Gasteiger partial charge in [0.05, 0.1) is 0 Å². The molecule has 0 amide bonds. The van der Waals surface area contributed by atoms with Crippen LogP contribution in [0.4, 0.5) is 0 Å². The highest BCUT2D eigenvalue weighted by molar-refractivity contribution is 5.52. The second-order valence-corrected chi connectivity index (χ2v) is 7.55. The molecule has 0 heterocycles. The van der Waals surface area contributed by atoms with Gasteiger partial charge < -0.3 is 10.2 Å². The summed E-state index contributed by atoms with van der Waals surface area (Å²) in [6.07, 6.45) is 6.21. The maximum Gasteiger partial charge on any atom is 0.144 e. The van der Waals surface area contributed by atoms with Crippen LogP contribution in [0.15, 0.2) is 60.2 Å². The van der Waals surface area contributed by atoms with E-state index < -0.39 is 5.60 Å². The molecular formula is C24H24O2. The number of aryl methyl sites for hydroxylation is 1. The first-order chi connectivity index (χ1) is 12.5. The van der Waals surface area contributed by atoms with Crippen molar-refractivity contribution >= 4 is 0 Å². The van der Waals surface area contributed by atoms with Crippen molar-refractivity contribution < 1.29 is 10.2 Å². The quantitative estimate of drug-likeness (QED) is 0.630. The number of aliphatic hydroxyl groups is 1. The normalized spacial score (nSPS) is 26.8. The van der Waals surface area contributed by atoms with Gasteiger partial charge in [0.2, 0.25) is 0 Å². The van der Waals surface area contributed by atoms with Crippen LogP contribution >= 0.6 is 0 Å². The molecule has 2 aromatic rings. The number of rotatable bonds is 2. The van der Waals surface area contributed by atoms with E-state index in [1.807, 2.05) is 18.2 Å². The lowest BCUT2D eigenvalue weighted by molar-refractivity contribution is 0.116. The standard InChI is InChI=1S/C24H24O2/c1-2-12-23(26)13-14-24(16-18-6-4-3-5-7-18)20(17-23)9-8-19-15-21(25)10-11-22(19)24/h3-7,10-11,15,17,25-26H,8-9,13-14,16H2,1H3/t23-,24+/m0/s1. The Balaban J connectivity index is 1.87. The largest absolute Gasteiger partial charge is 0.508 e. The maximum atomic E-state index is 10.9. The van der Waals surface area contributed by atoms with Gasteiger partial charge >= 0.3 is 0 Å². The van der Waals surface area contributed by atoms with Gasteiger partial charge in [-0.05, 0) is 73.9 Å². The van der Waals surface area contributed by atoms with Gasteiger partial charge in [0, 0.05) is 5.41 Å². The Kier molecular flexibility index (Phi) is 4.13. The number of phenolic OH excluding ortho intramolecular Hbond substituents is 1. The summed E-state index contributed by atoms with van der Waals surface area (Å²) in [6, 6.07) is 16.3. The summed E-state index contributed by atoms with van der Waals surface area (Å²) >= 11 is 0. The van der Waals surface area contributed by atoms with Crippen LogP contribution in [0.1, 0.15) is 42.9 Å². The molecule has 2 aliphatic carbocycles. The number of allylic oxidation sites excluding steroid dienone is 1. The summed E-state index contributed by atoms with van der Waals surface area (Å²) in [6.45, 7) is 1.78. The number of hydrogen-bond acceptors (Lipinski definition) is 2. The molecule has 26 heavy (non-hydrogen) atoms. The van der Waals surface area contributed by atoms with Crippen LogP contribution in [0, 0.1) is 11.8 Å². The predicted octanol–water partition coefficient (Wildman–Crippen LogP) is 4.29. The Bertz CT molecular complexity index is 916. The fourth-order valence-electron chi connectivity index (χ4n) is 4.76. The lowest BCUT2D eigenvalue weighted by Crippen LogP contribution is -2.43. The fourth-order valence-corrected chi connectivity index (χ4v) is 4.76. The molecule has 0 unspecified atom stereocenters. The van der Waals surface area contributed by atoms with Crippen LogP contribution < -0.4 is 0 Å². The molecule has 0 bridgehead atoms. The van der Waals surface area contributed by atoms with E-state index in [9.17, 15) is 10.2 Å². The molecule has 0 radical (unpaired) electrons. The Morgan fingerprint density at radius 3 is 2.62 bits per heavy atom. The summed E-state index contributed by atoms with van der Waals surface area (Å²) in [4.78, 5) is 0. The van der Waals surface area contributed by atoms with Crippen molar-refractivity contribution in [2.45, 2.75) is 50.0 Å². The van der Waals surface area contributed by atoms with Crippen LogP contribution in [0.25, 0.3) is 0 Å². The van der Waals surface area contributed by atoms with Crippen molar-refractivity contribution in [3.05, 3.63) is 76.9 Å². The van der Waals surface area contributed by atoms with Crippen LogP contribution in [-0.2, 0) is 18.3 Å². The average Bonchev–Trinajstić information content (AvgIpc) is 2.63. The molecule has 2 aromatic carbocycles. The van der Waals surface area contributed by atoms with Crippen molar-refractivity contribution in [3.8, 4) is 17.6 Å². The van der Waals surface area contributed by atoms with E-state index in [1.165, 1.54) is 22.3 Å². The molecular weight excluding hydrogens is 320 g/mol. The summed E-state index contributed by atoms with van der Waals surface area (Å²) in [5, 5.41) is 20.8. The minimum atomic E-state index is -1.02. The molecule has 2 heteroatoms. The molecule has 0 aromatic heterocycles. The highest BCUT2D eigenvalue weighted by Gasteiger charge is 2.46. The Hall–Kier alpha value is -2.50. The lowest BCUT2D eigenvalue weighted by Gasteiger charge is -2.47. The molecule has 2 nitrogen and oxygen atoms in total. The first-order valence-corrected chi connectivity index (χ1v) is 9.29. The SMILES string of the molecule is CC#C[C@@]1(O)C=C2CCc3cc(O)ccc3[C@@]2(Cc2ccccc2)CC1. The number of benzene rings is 2. The molecule has 0 spiro atoms. The van der Waals surface area contributed by atoms with E-state index >= 15 is 0 Å². The number of phenols is 1. The summed E-state index contributed by atoms with van der Waals surface area (Å²) < 4.78 is 0. The third-order valence-corrected chi connectivity index (χ3v) is 5.92. The Labute approximate surface area is 155 Å². The third-order valence-electron chi connectivity index (χ3n) is 5.92. The average molecular weight is 344 g/mol. The zero-order valence-electron chi connectivity index (χ0n) is 15.1. The first-order valence-electron chi connectivity index (χ1n) is 9.29.